The number of nitrogen functional groups attached to an aromatic ring is 4. The van der Waals surface area contributed by atoms with Crippen LogP contribution in [-0.2, 0) is 0 Å². The second-order valence-corrected chi connectivity index (χ2v) is 6.49. The van der Waals surface area contributed by atoms with Crippen LogP contribution in [0, 0.1) is 0 Å². The summed E-state index contributed by atoms with van der Waals surface area (Å²) in [4.78, 5) is 0. The summed E-state index contributed by atoms with van der Waals surface area (Å²) in [7, 11) is 0. The van der Waals surface area contributed by atoms with E-state index < -0.39 is 0 Å². The van der Waals surface area contributed by atoms with E-state index in [4.69, 9.17) is 22.9 Å². The Morgan fingerprint density at radius 2 is 0.690 bits per heavy atom. The summed E-state index contributed by atoms with van der Waals surface area (Å²) in [6, 6.07) is 31.1. The topological polar surface area (TPSA) is 136 Å². The summed E-state index contributed by atoms with van der Waals surface area (Å²) in [5.41, 5.74) is 30.2. The first-order valence-corrected chi connectivity index (χ1v) is 8.94. The Balaban J connectivity index is 0.000000200. The molecule has 0 radical (unpaired) electrons. The van der Waals surface area contributed by atoms with Gasteiger partial charge in [0, 0.05) is 22.7 Å². The van der Waals surface area contributed by atoms with Crippen LogP contribution in [0.2, 0.25) is 0 Å². The average molecular weight is 386 g/mol. The molecule has 0 heterocycles. The first kappa shape index (κ1) is 21.3. The second-order valence-electron chi connectivity index (χ2n) is 6.49. The molecule has 5 heteroatoms. The molecule has 4 aromatic rings. The third-order valence-electron chi connectivity index (χ3n) is 4.26. The van der Waals surface area contributed by atoms with Gasteiger partial charge >= 0.3 is 0 Å². The smallest absolute Gasteiger partial charge is 0.0320 e. The molecule has 0 spiro atoms. The van der Waals surface area contributed by atoms with Crippen LogP contribution >= 0.6 is 0 Å². The molecule has 5 nitrogen and oxygen atoms in total. The SMILES string of the molecule is Nc1ccc(-c2cccc(N)c2)cc1.Nc1ccc(-c2cccc(N)c2)cc1.O. The number of hydrogen-bond acceptors (Lipinski definition) is 4. The summed E-state index contributed by atoms with van der Waals surface area (Å²) < 4.78 is 0. The number of anilines is 4. The third-order valence-corrected chi connectivity index (χ3v) is 4.26. The molecule has 0 aliphatic carbocycles. The van der Waals surface area contributed by atoms with Crippen LogP contribution in [0.4, 0.5) is 22.7 Å². The Labute approximate surface area is 170 Å². The molecule has 10 N–H and O–H groups in total. The van der Waals surface area contributed by atoms with Crippen molar-refractivity contribution in [3.8, 4) is 22.3 Å². The molecule has 0 fully saturated rings. The monoisotopic (exact) mass is 386 g/mol. The van der Waals surface area contributed by atoms with E-state index in [0.29, 0.717) is 0 Å². The van der Waals surface area contributed by atoms with E-state index in [9.17, 15) is 0 Å². The lowest BCUT2D eigenvalue weighted by molar-refractivity contribution is 0.824. The molecule has 0 aliphatic heterocycles. The van der Waals surface area contributed by atoms with E-state index in [1.54, 1.807) is 0 Å². The lowest BCUT2D eigenvalue weighted by Gasteiger charge is -2.02. The Morgan fingerprint density at radius 1 is 0.345 bits per heavy atom. The zero-order chi connectivity index (χ0) is 19.9. The van der Waals surface area contributed by atoms with Crippen LogP contribution in [-0.4, -0.2) is 5.48 Å². The third kappa shape index (κ3) is 6.02. The Bertz CT molecular complexity index is 958. The second kappa shape index (κ2) is 9.82. The molecule has 4 aromatic carbocycles. The lowest BCUT2D eigenvalue weighted by atomic mass is 10.1. The fraction of sp³-hybridized carbons (Fsp3) is 0. The van der Waals surface area contributed by atoms with E-state index in [-0.39, 0.29) is 5.48 Å². The van der Waals surface area contributed by atoms with Gasteiger partial charge in [-0.3, -0.25) is 0 Å². The summed E-state index contributed by atoms with van der Waals surface area (Å²) in [6.45, 7) is 0. The molecule has 148 valence electrons. The van der Waals surface area contributed by atoms with Gasteiger partial charge in [-0.1, -0.05) is 48.5 Å². The maximum absolute atomic E-state index is 5.70. The van der Waals surface area contributed by atoms with Gasteiger partial charge in [-0.25, -0.2) is 0 Å². The van der Waals surface area contributed by atoms with Crippen LogP contribution in [0.1, 0.15) is 0 Å². The van der Waals surface area contributed by atoms with Crippen molar-refractivity contribution in [2.45, 2.75) is 0 Å². The van der Waals surface area contributed by atoms with Crippen LogP contribution in [0.3, 0.4) is 0 Å². The van der Waals surface area contributed by atoms with Gasteiger partial charge in [0.15, 0.2) is 0 Å². The van der Waals surface area contributed by atoms with Gasteiger partial charge in [0.05, 0.1) is 0 Å². The predicted octanol–water partition coefficient (Wildman–Crippen LogP) is 4.21. The van der Waals surface area contributed by atoms with Gasteiger partial charge in [0.2, 0.25) is 0 Å². The molecular formula is C24H26N4O. The first-order valence-electron chi connectivity index (χ1n) is 8.94. The predicted molar refractivity (Wildman–Crippen MR) is 125 cm³/mol. The van der Waals surface area contributed by atoms with E-state index in [2.05, 4.69) is 0 Å². The minimum Gasteiger partial charge on any atom is -0.412 e. The molecule has 0 aromatic heterocycles. The van der Waals surface area contributed by atoms with Crippen molar-refractivity contribution in [3.05, 3.63) is 97.1 Å². The van der Waals surface area contributed by atoms with Crippen molar-refractivity contribution in [2.75, 3.05) is 22.9 Å². The fourth-order valence-electron chi connectivity index (χ4n) is 2.79. The highest BCUT2D eigenvalue weighted by atomic mass is 16.0. The molecule has 0 saturated carbocycles. The van der Waals surface area contributed by atoms with Crippen LogP contribution in [0.25, 0.3) is 22.3 Å². The zero-order valence-corrected chi connectivity index (χ0v) is 16.0. The number of rotatable bonds is 2. The van der Waals surface area contributed by atoms with Gasteiger partial charge in [-0.05, 0) is 70.8 Å². The van der Waals surface area contributed by atoms with Gasteiger partial charge in [0.1, 0.15) is 0 Å². The van der Waals surface area contributed by atoms with Crippen molar-refractivity contribution < 1.29 is 5.48 Å². The maximum atomic E-state index is 5.70. The lowest BCUT2D eigenvalue weighted by Crippen LogP contribution is -1.86. The Morgan fingerprint density at radius 3 is 1.00 bits per heavy atom. The van der Waals surface area contributed by atoms with E-state index >= 15 is 0 Å². The van der Waals surface area contributed by atoms with E-state index in [1.807, 2.05) is 97.1 Å². The standard InChI is InChI=1S/2C12H12N2.H2O/c2*13-11-6-4-9(5-7-11)10-2-1-3-12(14)8-10;/h2*1-8H,13-14H2;1H2. The quantitative estimate of drug-likeness (QED) is 0.384. The highest BCUT2D eigenvalue weighted by molar-refractivity contribution is 5.69. The molecule has 0 amide bonds. The largest absolute Gasteiger partial charge is 0.412 e. The molecule has 0 bridgehead atoms. The number of nitrogens with two attached hydrogens (primary N) is 4. The van der Waals surface area contributed by atoms with Crippen molar-refractivity contribution in [1.29, 1.82) is 0 Å². The van der Waals surface area contributed by atoms with Gasteiger partial charge < -0.3 is 28.4 Å². The molecular weight excluding hydrogens is 360 g/mol. The maximum Gasteiger partial charge on any atom is 0.0320 e. The summed E-state index contributed by atoms with van der Waals surface area (Å²) >= 11 is 0. The minimum absolute atomic E-state index is 0. The van der Waals surface area contributed by atoms with Crippen molar-refractivity contribution in [1.82, 2.24) is 0 Å². The van der Waals surface area contributed by atoms with Crippen molar-refractivity contribution in [3.63, 3.8) is 0 Å². The van der Waals surface area contributed by atoms with Crippen molar-refractivity contribution in [2.24, 2.45) is 0 Å². The molecule has 0 unspecified atom stereocenters. The van der Waals surface area contributed by atoms with Gasteiger partial charge in [-0.2, -0.15) is 0 Å². The minimum atomic E-state index is 0. The van der Waals surface area contributed by atoms with Crippen molar-refractivity contribution >= 4 is 22.7 Å². The molecule has 0 saturated heterocycles. The highest BCUT2D eigenvalue weighted by Crippen LogP contribution is 2.23. The summed E-state index contributed by atoms with van der Waals surface area (Å²) in [5.74, 6) is 0. The average Bonchev–Trinajstić information content (AvgIpc) is 2.70. The fourth-order valence-corrected chi connectivity index (χ4v) is 2.79. The Kier molecular flexibility index (Phi) is 7.23. The highest BCUT2D eigenvalue weighted by Gasteiger charge is 1.97. The first-order chi connectivity index (χ1) is 13.5. The van der Waals surface area contributed by atoms with Crippen LogP contribution in [0.15, 0.2) is 97.1 Å². The van der Waals surface area contributed by atoms with E-state index in [1.165, 1.54) is 0 Å². The molecule has 0 atom stereocenters. The number of hydrogen-bond donors (Lipinski definition) is 4. The number of benzene rings is 4. The van der Waals surface area contributed by atoms with Gasteiger partial charge in [0.25, 0.3) is 0 Å². The summed E-state index contributed by atoms with van der Waals surface area (Å²) in [6.07, 6.45) is 0. The Hall–Kier alpha value is -3.96. The van der Waals surface area contributed by atoms with Crippen LogP contribution in [0.5, 0.6) is 0 Å². The van der Waals surface area contributed by atoms with Gasteiger partial charge in [-0.15, -0.1) is 0 Å². The zero-order valence-electron chi connectivity index (χ0n) is 16.0. The molecule has 0 aliphatic rings. The summed E-state index contributed by atoms with van der Waals surface area (Å²) in [5, 5.41) is 0. The van der Waals surface area contributed by atoms with Crippen LogP contribution < -0.4 is 22.9 Å². The molecule has 4 rings (SSSR count). The van der Waals surface area contributed by atoms with E-state index in [0.717, 1.165) is 45.0 Å². The normalized spacial score (nSPS) is 9.66. The molecule has 29 heavy (non-hydrogen) atoms.